The normalized spacial score (nSPS) is 31.4. The molecule has 0 aromatic carbocycles. The summed E-state index contributed by atoms with van der Waals surface area (Å²) in [5.41, 5.74) is -0.435. The third-order valence-corrected chi connectivity index (χ3v) is 2.14. The summed E-state index contributed by atoms with van der Waals surface area (Å²) >= 11 is 0. The molecule has 1 heteroatoms. The van der Waals surface area contributed by atoms with Crippen molar-refractivity contribution in [2.24, 2.45) is 0 Å². The van der Waals surface area contributed by atoms with E-state index in [1.54, 1.807) is 0 Å². The number of hydrogen-bond acceptors (Lipinski definition) is 1. The molecule has 0 saturated heterocycles. The minimum Gasteiger partial charge on any atom is -0.386 e. The average molecular weight is 140 g/mol. The van der Waals surface area contributed by atoms with E-state index >= 15 is 0 Å². The molecule has 0 saturated carbocycles. The van der Waals surface area contributed by atoms with E-state index in [1.807, 2.05) is 6.08 Å². The highest BCUT2D eigenvalue weighted by molar-refractivity contribution is 5.07. The van der Waals surface area contributed by atoms with Gasteiger partial charge in [0.05, 0.1) is 5.60 Å². The van der Waals surface area contributed by atoms with Gasteiger partial charge in [0.15, 0.2) is 0 Å². The summed E-state index contributed by atoms with van der Waals surface area (Å²) in [5.74, 6) is 0. The Balaban J connectivity index is 2.30. The zero-order valence-corrected chi connectivity index (χ0v) is 6.64. The third kappa shape index (κ3) is 1.84. The standard InChI is InChI=1S/C9H16O/c1-2-3-6-9(10)7-4-5-8-9/h4,7,10H,2-3,5-6,8H2,1H3/t9-/m1/s1. The van der Waals surface area contributed by atoms with Crippen molar-refractivity contribution in [2.45, 2.75) is 44.6 Å². The van der Waals surface area contributed by atoms with Gasteiger partial charge in [-0.05, 0) is 19.3 Å². The molecule has 1 atom stereocenters. The van der Waals surface area contributed by atoms with Crippen LogP contribution in [0, 0.1) is 0 Å². The largest absolute Gasteiger partial charge is 0.386 e. The van der Waals surface area contributed by atoms with E-state index in [-0.39, 0.29) is 0 Å². The van der Waals surface area contributed by atoms with Crippen LogP contribution in [0.5, 0.6) is 0 Å². The first kappa shape index (κ1) is 7.80. The van der Waals surface area contributed by atoms with Crippen LogP contribution in [-0.2, 0) is 0 Å². The summed E-state index contributed by atoms with van der Waals surface area (Å²) in [6.45, 7) is 2.15. The van der Waals surface area contributed by atoms with Gasteiger partial charge < -0.3 is 5.11 Å². The Labute approximate surface area is 62.8 Å². The molecule has 0 heterocycles. The van der Waals surface area contributed by atoms with Crippen molar-refractivity contribution in [1.82, 2.24) is 0 Å². The number of aliphatic hydroxyl groups is 1. The van der Waals surface area contributed by atoms with E-state index in [4.69, 9.17) is 0 Å². The first-order valence-electron chi connectivity index (χ1n) is 4.17. The Morgan fingerprint density at radius 2 is 2.40 bits per heavy atom. The second-order valence-electron chi connectivity index (χ2n) is 3.15. The van der Waals surface area contributed by atoms with Crippen molar-refractivity contribution in [1.29, 1.82) is 0 Å². The van der Waals surface area contributed by atoms with Gasteiger partial charge in [-0.2, -0.15) is 0 Å². The molecule has 0 unspecified atom stereocenters. The van der Waals surface area contributed by atoms with Crippen molar-refractivity contribution in [3.63, 3.8) is 0 Å². The molecule has 1 rings (SSSR count). The van der Waals surface area contributed by atoms with Crippen LogP contribution in [0.15, 0.2) is 12.2 Å². The summed E-state index contributed by atoms with van der Waals surface area (Å²) in [6.07, 6.45) is 9.29. The molecule has 0 spiro atoms. The van der Waals surface area contributed by atoms with Gasteiger partial charge in [0.1, 0.15) is 0 Å². The van der Waals surface area contributed by atoms with E-state index in [0.717, 1.165) is 25.7 Å². The lowest BCUT2D eigenvalue weighted by Crippen LogP contribution is -2.21. The highest BCUT2D eigenvalue weighted by Crippen LogP contribution is 2.27. The molecule has 1 nitrogen and oxygen atoms in total. The van der Waals surface area contributed by atoms with Gasteiger partial charge in [-0.1, -0.05) is 31.9 Å². The van der Waals surface area contributed by atoms with Gasteiger partial charge in [0, 0.05) is 0 Å². The lowest BCUT2D eigenvalue weighted by atomic mass is 9.97. The van der Waals surface area contributed by atoms with Gasteiger partial charge in [0.25, 0.3) is 0 Å². The minimum atomic E-state index is -0.435. The summed E-state index contributed by atoms with van der Waals surface area (Å²) in [5, 5.41) is 9.74. The van der Waals surface area contributed by atoms with Crippen molar-refractivity contribution >= 4 is 0 Å². The van der Waals surface area contributed by atoms with E-state index < -0.39 is 5.60 Å². The number of rotatable bonds is 3. The Kier molecular flexibility index (Phi) is 2.50. The maximum atomic E-state index is 9.74. The summed E-state index contributed by atoms with van der Waals surface area (Å²) in [6, 6.07) is 0. The first-order chi connectivity index (χ1) is 4.77. The van der Waals surface area contributed by atoms with E-state index in [1.165, 1.54) is 6.42 Å². The van der Waals surface area contributed by atoms with Crippen molar-refractivity contribution in [2.75, 3.05) is 0 Å². The number of allylic oxidation sites excluding steroid dienone is 1. The van der Waals surface area contributed by atoms with Crippen LogP contribution in [0.4, 0.5) is 0 Å². The van der Waals surface area contributed by atoms with Crippen LogP contribution < -0.4 is 0 Å². The van der Waals surface area contributed by atoms with Crippen LogP contribution in [0.1, 0.15) is 39.0 Å². The lowest BCUT2D eigenvalue weighted by molar-refractivity contribution is 0.0790. The van der Waals surface area contributed by atoms with Gasteiger partial charge in [-0.15, -0.1) is 0 Å². The smallest absolute Gasteiger partial charge is 0.0830 e. The van der Waals surface area contributed by atoms with E-state index in [2.05, 4.69) is 13.0 Å². The first-order valence-corrected chi connectivity index (χ1v) is 4.17. The van der Waals surface area contributed by atoms with Crippen LogP contribution in [0.3, 0.4) is 0 Å². The van der Waals surface area contributed by atoms with Crippen molar-refractivity contribution in [3.05, 3.63) is 12.2 Å². The van der Waals surface area contributed by atoms with Crippen molar-refractivity contribution < 1.29 is 5.11 Å². The molecule has 10 heavy (non-hydrogen) atoms. The Hall–Kier alpha value is -0.300. The van der Waals surface area contributed by atoms with Gasteiger partial charge in [-0.3, -0.25) is 0 Å². The highest BCUT2D eigenvalue weighted by Gasteiger charge is 2.24. The SMILES string of the molecule is CCCC[C@@]1(O)C=CCC1. The lowest BCUT2D eigenvalue weighted by Gasteiger charge is -2.19. The average Bonchev–Trinajstić information content (AvgIpc) is 2.33. The van der Waals surface area contributed by atoms with Gasteiger partial charge in [-0.25, -0.2) is 0 Å². The Bertz CT molecular complexity index is 129. The third-order valence-electron chi connectivity index (χ3n) is 2.14. The molecule has 0 radical (unpaired) electrons. The zero-order chi connectivity index (χ0) is 7.45. The number of hydrogen-bond donors (Lipinski definition) is 1. The molecule has 0 fully saturated rings. The molecule has 0 aromatic rings. The Morgan fingerprint density at radius 3 is 2.90 bits per heavy atom. The van der Waals surface area contributed by atoms with Crippen molar-refractivity contribution in [3.8, 4) is 0 Å². The molecule has 1 aliphatic rings. The predicted octanol–water partition coefficient (Wildman–Crippen LogP) is 2.26. The quantitative estimate of drug-likeness (QED) is 0.596. The molecule has 0 aliphatic heterocycles. The molecule has 58 valence electrons. The monoisotopic (exact) mass is 140 g/mol. The van der Waals surface area contributed by atoms with Crippen LogP contribution >= 0.6 is 0 Å². The summed E-state index contributed by atoms with van der Waals surface area (Å²) in [7, 11) is 0. The predicted molar refractivity (Wildman–Crippen MR) is 42.8 cm³/mol. The molecule has 1 aliphatic carbocycles. The molecular weight excluding hydrogens is 124 g/mol. The van der Waals surface area contributed by atoms with Gasteiger partial charge in [0.2, 0.25) is 0 Å². The zero-order valence-electron chi connectivity index (χ0n) is 6.64. The second kappa shape index (κ2) is 3.20. The van der Waals surface area contributed by atoms with Crippen LogP contribution in [0.25, 0.3) is 0 Å². The summed E-state index contributed by atoms with van der Waals surface area (Å²) < 4.78 is 0. The maximum Gasteiger partial charge on any atom is 0.0830 e. The number of unbranched alkanes of at least 4 members (excludes halogenated alkanes) is 1. The highest BCUT2D eigenvalue weighted by atomic mass is 16.3. The maximum absolute atomic E-state index is 9.74. The molecule has 0 amide bonds. The molecular formula is C9H16O. The topological polar surface area (TPSA) is 20.2 Å². The van der Waals surface area contributed by atoms with Crippen LogP contribution in [0.2, 0.25) is 0 Å². The molecule has 1 N–H and O–H groups in total. The fourth-order valence-corrected chi connectivity index (χ4v) is 1.41. The van der Waals surface area contributed by atoms with Crippen LogP contribution in [-0.4, -0.2) is 10.7 Å². The fraction of sp³-hybridized carbons (Fsp3) is 0.778. The molecule has 0 aromatic heterocycles. The second-order valence-corrected chi connectivity index (χ2v) is 3.15. The van der Waals surface area contributed by atoms with E-state index in [9.17, 15) is 5.11 Å². The molecule has 0 bridgehead atoms. The summed E-state index contributed by atoms with van der Waals surface area (Å²) in [4.78, 5) is 0. The fourth-order valence-electron chi connectivity index (χ4n) is 1.41. The Morgan fingerprint density at radius 1 is 1.60 bits per heavy atom. The van der Waals surface area contributed by atoms with Gasteiger partial charge >= 0.3 is 0 Å². The minimum absolute atomic E-state index is 0.435. The van der Waals surface area contributed by atoms with E-state index in [0.29, 0.717) is 0 Å².